The molecule has 1 unspecified atom stereocenters. The summed E-state index contributed by atoms with van der Waals surface area (Å²) in [6.07, 6.45) is 7.37. The summed E-state index contributed by atoms with van der Waals surface area (Å²) < 4.78 is 0. The Kier molecular flexibility index (Phi) is 3.13. The van der Waals surface area contributed by atoms with Gasteiger partial charge in [-0.25, -0.2) is 0 Å². The molecule has 2 aliphatic carbocycles. The summed E-state index contributed by atoms with van der Waals surface area (Å²) in [7, 11) is 0. The zero-order valence-electron chi connectivity index (χ0n) is 11.7. The molecule has 3 heteroatoms. The molecule has 0 radical (unpaired) electrons. The second kappa shape index (κ2) is 4.52. The van der Waals surface area contributed by atoms with Crippen molar-refractivity contribution >= 4 is 5.91 Å². The number of likely N-dealkylation sites (tertiary alicyclic amines) is 1. The molecule has 0 bridgehead atoms. The Bertz CT molecular complexity index is 331. The number of carbonyl (C=O) groups excluding carboxylic acids is 1. The summed E-state index contributed by atoms with van der Waals surface area (Å²) in [5, 5.41) is 3.52. The van der Waals surface area contributed by atoms with Crippen LogP contribution in [0.4, 0.5) is 0 Å². The number of piperidine rings is 1. The van der Waals surface area contributed by atoms with Gasteiger partial charge in [0, 0.05) is 19.1 Å². The Morgan fingerprint density at radius 1 is 1.33 bits per heavy atom. The highest BCUT2D eigenvalue weighted by molar-refractivity contribution is 5.82. The first-order valence-corrected chi connectivity index (χ1v) is 7.65. The third kappa shape index (κ3) is 2.42. The van der Waals surface area contributed by atoms with E-state index < -0.39 is 0 Å². The van der Waals surface area contributed by atoms with Gasteiger partial charge in [-0.15, -0.1) is 0 Å². The van der Waals surface area contributed by atoms with E-state index in [1.54, 1.807) is 0 Å². The number of rotatable bonds is 5. The number of nitrogens with zero attached hydrogens (tertiary/aromatic N) is 1. The SMILES string of the molecule is CC(C)C1(CN2CCCC(NC3CC3)C2=O)CC1. The fourth-order valence-electron chi connectivity index (χ4n) is 3.25. The Morgan fingerprint density at radius 2 is 2.06 bits per heavy atom. The molecule has 0 aromatic carbocycles. The first kappa shape index (κ1) is 12.5. The number of nitrogens with one attached hydrogen (secondary N) is 1. The fraction of sp³-hybridized carbons (Fsp3) is 0.933. The van der Waals surface area contributed by atoms with E-state index in [0.29, 0.717) is 23.3 Å². The molecule has 3 rings (SSSR count). The van der Waals surface area contributed by atoms with Crippen LogP contribution in [0.1, 0.15) is 52.4 Å². The number of amides is 1. The summed E-state index contributed by atoms with van der Waals surface area (Å²) >= 11 is 0. The predicted molar refractivity (Wildman–Crippen MR) is 72.3 cm³/mol. The zero-order chi connectivity index (χ0) is 12.8. The van der Waals surface area contributed by atoms with Crippen molar-refractivity contribution in [3.05, 3.63) is 0 Å². The topological polar surface area (TPSA) is 32.3 Å². The quantitative estimate of drug-likeness (QED) is 0.811. The van der Waals surface area contributed by atoms with Crippen molar-refractivity contribution in [3.63, 3.8) is 0 Å². The molecule has 1 heterocycles. The van der Waals surface area contributed by atoms with Crippen LogP contribution in [0, 0.1) is 11.3 Å². The number of hydrogen-bond acceptors (Lipinski definition) is 2. The molecule has 102 valence electrons. The van der Waals surface area contributed by atoms with Crippen molar-refractivity contribution < 1.29 is 4.79 Å². The minimum Gasteiger partial charge on any atom is -0.341 e. The van der Waals surface area contributed by atoms with Crippen LogP contribution >= 0.6 is 0 Å². The Morgan fingerprint density at radius 3 is 2.61 bits per heavy atom. The van der Waals surface area contributed by atoms with E-state index in [-0.39, 0.29) is 6.04 Å². The normalized spacial score (nSPS) is 30.9. The van der Waals surface area contributed by atoms with Crippen LogP contribution in [0.2, 0.25) is 0 Å². The molecule has 1 atom stereocenters. The van der Waals surface area contributed by atoms with Crippen LogP contribution in [-0.2, 0) is 4.79 Å². The summed E-state index contributed by atoms with van der Waals surface area (Å²) in [4.78, 5) is 14.6. The van der Waals surface area contributed by atoms with Gasteiger partial charge in [-0.3, -0.25) is 4.79 Å². The standard InChI is InChI=1S/C15H26N2O/c1-11(2)15(7-8-15)10-17-9-3-4-13(14(17)18)16-12-5-6-12/h11-13,16H,3-10H2,1-2H3. The highest BCUT2D eigenvalue weighted by Crippen LogP contribution is 2.52. The molecule has 1 saturated heterocycles. The number of carbonyl (C=O) groups is 1. The summed E-state index contributed by atoms with van der Waals surface area (Å²) in [6, 6.07) is 0.757. The van der Waals surface area contributed by atoms with E-state index in [1.807, 2.05) is 0 Å². The fourth-order valence-corrected chi connectivity index (χ4v) is 3.25. The Hall–Kier alpha value is -0.570. The van der Waals surface area contributed by atoms with Gasteiger partial charge < -0.3 is 10.2 Å². The molecule has 3 aliphatic rings. The maximum absolute atomic E-state index is 12.5. The van der Waals surface area contributed by atoms with Crippen LogP contribution in [0.25, 0.3) is 0 Å². The molecule has 1 N–H and O–H groups in total. The van der Waals surface area contributed by atoms with Crippen LogP contribution in [0.3, 0.4) is 0 Å². The minimum atomic E-state index is 0.120. The monoisotopic (exact) mass is 250 g/mol. The lowest BCUT2D eigenvalue weighted by Crippen LogP contribution is -2.53. The third-order valence-corrected chi connectivity index (χ3v) is 5.17. The molecule has 18 heavy (non-hydrogen) atoms. The molecule has 0 aromatic heterocycles. The van der Waals surface area contributed by atoms with Gasteiger partial charge in [-0.1, -0.05) is 13.8 Å². The largest absolute Gasteiger partial charge is 0.341 e. The second-order valence-corrected chi connectivity index (χ2v) is 6.91. The van der Waals surface area contributed by atoms with E-state index in [4.69, 9.17) is 0 Å². The van der Waals surface area contributed by atoms with Gasteiger partial charge in [0.25, 0.3) is 0 Å². The van der Waals surface area contributed by atoms with Crippen molar-refractivity contribution in [2.75, 3.05) is 13.1 Å². The van der Waals surface area contributed by atoms with Gasteiger partial charge in [0.15, 0.2) is 0 Å². The highest BCUT2D eigenvalue weighted by atomic mass is 16.2. The molecule has 2 saturated carbocycles. The second-order valence-electron chi connectivity index (χ2n) is 6.91. The third-order valence-electron chi connectivity index (χ3n) is 5.17. The summed E-state index contributed by atoms with van der Waals surface area (Å²) in [5.41, 5.74) is 0.455. The van der Waals surface area contributed by atoms with Gasteiger partial charge in [0.1, 0.15) is 0 Å². The maximum Gasteiger partial charge on any atom is 0.239 e. The summed E-state index contributed by atoms with van der Waals surface area (Å²) in [6.45, 7) is 6.60. The average Bonchev–Trinajstić information content (AvgIpc) is 3.19. The first-order chi connectivity index (χ1) is 8.61. The number of hydrogen-bond donors (Lipinski definition) is 1. The molecule has 0 spiro atoms. The van der Waals surface area contributed by atoms with E-state index in [1.165, 1.54) is 32.1 Å². The molecule has 0 aromatic rings. The van der Waals surface area contributed by atoms with Crippen molar-refractivity contribution in [1.82, 2.24) is 10.2 Å². The van der Waals surface area contributed by atoms with Gasteiger partial charge in [0.05, 0.1) is 6.04 Å². The van der Waals surface area contributed by atoms with Gasteiger partial charge in [-0.2, -0.15) is 0 Å². The Balaban J connectivity index is 1.59. The average molecular weight is 250 g/mol. The zero-order valence-corrected chi connectivity index (χ0v) is 11.7. The van der Waals surface area contributed by atoms with Gasteiger partial charge >= 0.3 is 0 Å². The van der Waals surface area contributed by atoms with E-state index in [2.05, 4.69) is 24.1 Å². The Labute approximate surface area is 110 Å². The molecule has 3 fully saturated rings. The van der Waals surface area contributed by atoms with E-state index >= 15 is 0 Å². The molecule has 1 amide bonds. The first-order valence-electron chi connectivity index (χ1n) is 7.65. The van der Waals surface area contributed by atoms with E-state index in [9.17, 15) is 4.79 Å². The lowest BCUT2D eigenvalue weighted by atomic mass is 9.90. The van der Waals surface area contributed by atoms with Crippen molar-refractivity contribution in [3.8, 4) is 0 Å². The van der Waals surface area contributed by atoms with Crippen LogP contribution in [-0.4, -0.2) is 36.0 Å². The molecular weight excluding hydrogens is 224 g/mol. The van der Waals surface area contributed by atoms with Crippen molar-refractivity contribution in [2.24, 2.45) is 11.3 Å². The lowest BCUT2D eigenvalue weighted by Gasteiger charge is -2.36. The predicted octanol–water partition coefficient (Wildman–Crippen LogP) is 2.17. The van der Waals surface area contributed by atoms with Crippen molar-refractivity contribution in [2.45, 2.75) is 64.5 Å². The summed E-state index contributed by atoms with van der Waals surface area (Å²) in [5.74, 6) is 1.09. The smallest absolute Gasteiger partial charge is 0.239 e. The lowest BCUT2D eigenvalue weighted by molar-refractivity contribution is -0.137. The van der Waals surface area contributed by atoms with Crippen molar-refractivity contribution in [1.29, 1.82) is 0 Å². The van der Waals surface area contributed by atoms with Crippen LogP contribution in [0.15, 0.2) is 0 Å². The van der Waals surface area contributed by atoms with Gasteiger partial charge in [0.2, 0.25) is 5.91 Å². The highest BCUT2D eigenvalue weighted by Gasteiger charge is 2.48. The van der Waals surface area contributed by atoms with Crippen LogP contribution in [0.5, 0.6) is 0 Å². The van der Waals surface area contributed by atoms with Crippen LogP contribution < -0.4 is 5.32 Å². The molecule has 3 nitrogen and oxygen atoms in total. The van der Waals surface area contributed by atoms with E-state index in [0.717, 1.165) is 19.5 Å². The molecule has 1 aliphatic heterocycles. The maximum atomic E-state index is 12.5. The minimum absolute atomic E-state index is 0.120. The molecular formula is C15H26N2O. The van der Waals surface area contributed by atoms with Gasteiger partial charge in [-0.05, 0) is 49.9 Å².